The summed E-state index contributed by atoms with van der Waals surface area (Å²) in [6.45, 7) is 0.509. The lowest BCUT2D eigenvalue weighted by Crippen LogP contribution is -2.25. The van der Waals surface area contributed by atoms with Crippen molar-refractivity contribution in [1.29, 1.82) is 0 Å². The maximum Gasteiger partial charge on any atom is 0.243 e. The first-order valence-electron chi connectivity index (χ1n) is 6.48. The minimum atomic E-state index is -3.78. The van der Waals surface area contributed by atoms with E-state index in [0.29, 0.717) is 12.1 Å². The van der Waals surface area contributed by atoms with Gasteiger partial charge in [0.25, 0.3) is 0 Å². The highest BCUT2D eigenvalue weighted by atomic mass is 32.2. The van der Waals surface area contributed by atoms with E-state index >= 15 is 0 Å². The fourth-order valence-corrected chi connectivity index (χ4v) is 3.35. The van der Waals surface area contributed by atoms with Gasteiger partial charge in [0.1, 0.15) is 10.7 Å². The largest absolute Gasteiger partial charge is 0.326 e. The molecular formula is C13H21FN2O2S2. The zero-order valence-corrected chi connectivity index (χ0v) is 13.2. The summed E-state index contributed by atoms with van der Waals surface area (Å²) in [7, 11) is -3.78. The van der Waals surface area contributed by atoms with Crippen molar-refractivity contribution in [3.05, 3.63) is 29.6 Å². The van der Waals surface area contributed by atoms with Gasteiger partial charge in [-0.05, 0) is 42.5 Å². The average Bonchev–Trinajstić information content (AvgIpc) is 2.42. The van der Waals surface area contributed by atoms with Gasteiger partial charge in [0.15, 0.2) is 0 Å². The maximum absolute atomic E-state index is 13.7. The van der Waals surface area contributed by atoms with Crippen LogP contribution in [-0.4, -0.2) is 27.0 Å². The summed E-state index contributed by atoms with van der Waals surface area (Å²) in [5.41, 5.74) is 5.95. The van der Waals surface area contributed by atoms with Gasteiger partial charge < -0.3 is 5.73 Å². The summed E-state index contributed by atoms with van der Waals surface area (Å²) in [4.78, 5) is -0.321. The van der Waals surface area contributed by atoms with Crippen molar-refractivity contribution in [3.63, 3.8) is 0 Å². The maximum atomic E-state index is 13.7. The zero-order chi connectivity index (χ0) is 15.0. The first-order chi connectivity index (χ1) is 9.51. The van der Waals surface area contributed by atoms with Gasteiger partial charge in [-0.2, -0.15) is 11.8 Å². The normalized spacial score (nSPS) is 11.8. The van der Waals surface area contributed by atoms with E-state index < -0.39 is 15.8 Å². The molecule has 0 radical (unpaired) electrons. The third-order valence-corrected chi connectivity index (χ3v) is 5.03. The third-order valence-electron chi connectivity index (χ3n) is 2.84. The van der Waals surface area contributed by atoms with E-state index in [1.807, 2.05) is 6.26 Å². The lowest BCUT2D eigenvalue weighted by molar-refractivity contribution is 0.553. The molecule has 114 valence electrons. The fraction of sp³-hybridized carbons (Fsp3) is 0.538. The molecule has 0 saturated carbocycles. The van der Waals surface area contributed by atoms with Crippen LogP contribution in [0.5, 0.6) is 0 Å². The van der Waals surface area contributed by atoms with Crippen LogP contribution < -0.4 is 10.5 Å². The van der Waals surface area contributed by atoms with Crippen LogP contribution in [0.1, 0.15) is 24.8 Å². The second kappa shape index (κ2) is 8.61. The number of sulfonamides is 1. The van der Waals surface area contributed by atoms with Crippen LogP contribution in [0.25, 0.3) is 0 Å². The fourth-order valence-electron chi connectivity index (χ4n) is 1.72. The zero-order valence-electron chi connectivity index (χ0n) is 11.6. The van der Waals surface area contributed by atoms with Gasteiger partial charge >= 0.3 is 0 Å². The number of thioether (sulfide) groups is 1. The van der Waals surface area contributed by atoms with Gasteiger partial charge in [-0.1, -0.05) is 12.5 Å². The van der Waals surface area contributed by atoms with E-state index in [0.717, 1.165) is 31.1 Å². The summed E-state index contributed by atoms with van der Waals surface area (Å²) in [5, 5.41) is 0. The highest BCUT2D eigenvalue weighted by Gasteiger charge is 2.18. The molecule has 20 heavy (non-hydrogen) atoms. The number of nitrogens with one attached hydrogen (secondary N) is 1. The SMILES string of the molecule is CSCCCCCNS(=O)(=O)c1ccc(CN)cc1F. The van der Waals surface area contributed by atoms with E-state index in [1.54, 1.807) is 11.8 Å². The summed E-state index contributed by atoms with van der Waals surface area (Å²) >= 11 is 1.77. The van der Waals surface area contributed by atoms with Crippen molar-refractivity contribution in [2.45, 2.75) is 30.7 Å². The van der Waals surface area contributed by atoms with Crippen LogP contribution in [-0.2, 0) is 16.6 Å². The van der Waals surface area contributed by atoms with Gasteiger partial charge in [-0.3, -0.25) is 0 Å². The summed E-state index contributed by atoms with van der Waals surface area (Å²) in [5.74, 6) is 0.310. The van der Waals surface area contributed by atoms with E-state index in [9.17, 15) is 12.8 Å². The molecule has 7 heteroatoms. The Bertz CT molecular complexity index is 521. The van der Waals surface area contributed by atoms with Crippen molar-refractivity contribution >= 4 is 21.8 Å². The van der Waals surface area contributed by atoms with Gasteiger partial charge in [0.05, 0.1) is 0 Å². The molecule has 4 nitrogen and oxygen atoms in total. The molecule has 0 unspecified atom stereocenters. The topological polar surface area (TPSA) is 72.2 Å². The van der Waals surface area contributed by atoms with Gasteiger partial charge in [-0.15, -0.1) is 0 Å². The number of hydrogen-bond donors (Lipinski definition) is 2. The summed E-state index contributed by atoms with van der Waals surface area (Å²) < 4.78 is 40.1. The van der Waals surface area contributed by atoms with Crippen molar-refractivity contribution < 1.29 is 12.8 Å². The highest BCUT2D eigenvalue weighted by molar-refractivity contribution is 7.98. The number of nitrogens with two attached hydrogens (primary N) is 1. The Morgan fingerprint density at radius 2 is 2.05 bits per heavy atom. The van der Waals surface area contributed by atoms with Gasteiger partial charge in [0.2, 0.25) is 10.0 Å². The Hall–Kier alpha value is -0.630. The molecule has 0 heterocycles. The van der Waals surface area contributed by atoms with Crippen LogP contribution in [0.2, 0.25) is 0 Å². The second-order valence-corrected chi connectivity index (χ2v) is 7.14. The Morgan fingerprint density at radius 1 is 1.30 bits per heavy atom. The van der Waals surface area contributed by atoms with Crippen molar-refractivity contribution in [1.82, 2.24) is 4.72 Å². The van der Waals surface area contributed by atoms with E-state index in [2.05, 4.69) is 4.72 Å². The molecular weight excluding hydrogens is 299 g/mol. The van der Waals surface area contributed by atoms with Crippen molar-refractivity contribution in [3.8, 4) is 0 Å². The van der Waals surface area contributed by atoms with E-state index in [1.165, 1.54) is 12.1 Å². The minimum absolute atomic E-state index is 0.181. The molecule has 0 fully saturated rings. The molecule has 0 aliphatic carbocycles. The summed E-state index contributed by atoms with van der Waals surface area (Å²) in [6.07, 6.45) is 4.80. The summed E-state index contributed by atoms with van der Waals surface area (Å²) in [6, 6.07) is 3.94. The second-order valence-electron chi connectivity index (χ2n) is 4.42. The quantitative estimate of drug-likeness (QED) is 0.684. The molecule has 0 atom stereocenters. The number of unbranched alkanes of at least 4 members (excludes halogenated alkanes) is 2. The molecule has 0 spiro atoms. The molecule has 0 aliphatic heterocycles. The van der Waals surface area contributed by atoms with Gasteiger partial charge in [0, 0.05) is 13.1 Å². The highest BCUT2D eigenvalue weighted by Crippen LogP contribution is 2.16. The van der Waals surface area contributed by atoms with Crippen LogP contribution in [0.3, 0.4) is 0 Å². The van der Waals surface area contributed by atoms with Crippen LogP contribution in [0, 0.1) is 5.82 Å². The molecule has 0 amide bonds. The smallest absolute Gasteiger partial charge is 0.243 e. The molecule has 1 aromatic rings. The molecule has 0 saturated heterocycles. The number of hydrogen-bond acceptors (Lipinski definition) is 4. The number of rotatable bonds is 9. The Kier molecular flexibility index (Phi) is 7.50. The Labute approximate surface area is 124 Å². The van der Waals surface area contributed by atoms with Gasteiger partial charge in [-0.25, -0.2) is 17.5 Å². The van der Waals surface area contributed by atoms with E-state index in [4.69, 9.17) is 5.73 Å². The van der Waals surface area contributed by atoms with Crippen LogP contribution >= 0.6 is 11.8 Å². The number of halogens is 1. The molecule has 3 N–H and O–H groups in total. The minimum Gasteiger partial charge on any atom is -0.326 e. The predicted molar refractivity (Wildman–Crippen MR) is 81.7 cm³/mol. The predicted octanol–water partition coefficient (Wildman–Crippen LogP) is 2.10. The molecule has 0 aromatic heterocycles. The van der Waals surface area contributed by atoms with Crippen LogP contribution in [0.15, 0.2) is 23.1 Å². The lowest BCUT2D eigenvalue weighted by atomic mass is 10.2. The Morgan fingerprint density at radius 3 is 2.65 bits per heavy atom. The van der Waals surface area contributed by atoms with Crippen LogP contribution in [0.4, 0.5) is 4.39 Å². The van der Waals surface area contributed by atoms with Crippen molar-refractivity contribution in [2.24, 2.45) is 5.73 Å². The number of benzene rings is 1. The molecule has 0 aliphatic rings. The third kappa shape index (κ3) is 5.40. The van der Waals surface area contributed by atoms with Crippen molar-refractivity contribution in [2.75, 3.05) is 18.6 Å². The standard InChI is InChI=1S/C13H21FN2O2S2/c1-19-8-4-2-3-7-16-20(17,18)13-6-5-11(10-15)9-12(13)14/h5-6,9,16H,2-4,7-8,10,15H2,1H3. The molecule has 0 bridgehead atoms. The molecule has 1 rings (SSSR count). The Balaban J connectivity index is 2.56. The first kappa shape index (κ1) is 17.4. The first-order valence-corrected chi connectivity index (χ1v) is 9.36. The molecule has 1 aromatic carbocycles. The van der Waals surface area contributed by atoms with E-state index in [-0.39, 0.29) is 11.4 Å². The monoisotopic (exact) mass is 320 g/mol. The lowest BCUT2D eigenvalue weighted by Gasteiger charge is -2.08. The average molecular weight is 320 g/mol.